The third-order valence-electron chi connectivity index (χ3n) is 4.22. The highest BCUT2D eigenvalue weighted by molar-refractivity contribution is 7.17. The second kappa shape index (κ2) is 7.25. The van der Waals surface area contributed by atoms with Crippen molar-refractivity contribution >= 4 is 34.2 Å². The standard InChI is InChI=1S/C18H20N4O3S/c1-11-15(12(2)23)26-17(20-11)22-8-7-21(18(22)25)10-13-5-4-6-14(9-13)16(24)19-3/h4-6,9H,7-8,10H2,1-3H3,(H,19,24). The summed E-state index contributed by atoms with van der Waals surface area (Å²) in [6.45, 7) is 4.79. The Balaban J connectivity index is 1.75. The predicted octanol–water partition coefficient (Wildman–Crippen LogP) is 2.46. The maximum Gasteiger partial charge on any atom is 0.326 e. The van der Waals surface area contributed by atoms with Gasteiger partial charge >= 0.3 is 6.03 Å². The predicted molar refractivity (Wildman–Crippen MR) is 99.8 cm³/mol. The van der Waals surface area contributed by atoms with Gasteiger partial charge in [0.05, 0.1) is 10.6 Å². The fourth-order valence-corrected chi connectivity index (χ4v) is 3.89. The molecule has 136 valence electrons. The lowest BCUT2D eigenvalue weighted by atomic mass is 10.1. The van der Waals surface area contributed by atoms with Crippen LogP contribution in [0.4, 0.5) is 9.93 Å². The summed E-state index contributed by atoms with van der Waals surface area (Å²) in [5, 5.41) is 3.15. The Morgan fingerprint density at radius 3 is 2.73 bits per heavy atom. The molecule has 8 heteroatoms. The topological polar surface area (TPSA) is 82.6 Å². The van der Waals surface area contributed by atoms with Crippen LogP contribution in [0, 0.1) is 6.92 Å². The number of carbonyl (C=O) groups excluding carboxylic acids is 3. The normalized spacial score (nSPS) is 14.0. The highest BCUT2D eigenvalue weighted by Crippen LogP contribution is 2.29. The Morgan fingerprint density at radius 1 is 1.31 bits per heavy atom. The first-order valence-corrected chi connectivity index (χ1v) is 9.08. The van der Waals surface area contributed by atoms with Crippen LogP contribution in [0.5, 0.6) is 0 Å². The molecule has 0 unspecified atom stereocenters. The average Bonchev–Trinajstić information content (AvgIpc) is 3.17. The number of hydrogen-bond donors (Lipinski definition) is 1. The number of rotatable bonds is 5. The number of benzene rings is 1. The molecule has 0 spiro atoms. The van der Waals surface area contributed by atoms with Crippen LogP contribution in [0.3, 0.4) is 0 Å². The van der Waals surface area contributed by atoms with Gasteiger partial charge in [-0.3, -0.25) is 14.5 Å². The van der Waals surface area contributed by atoms with Crippen LogP contribution < -0.4 is 10.2 Å². The lowest BCUT2D eigenvalue weighted by Crippen LogP contribution is -2.31. The molecule has 0 atom stereocenters. The summed E-state index contributed by atoms with van der Waals surface area (Å²) in [4.78, 5) is 44.4. The highest BCUT2D eigenvalue weighted by atomic mass is 32.1. The minimum atomic E-state index is -0.156. The SMILES string of the molecule is CNC(=O)c1cccc(CN2CCN(c3nc(C)c(C(C)=O)s3)C2=O)c1. The number of nitrogens with one attached hydrogen (secondary N) is 1. The first-order chi connectivity index (χ1) is 12.4. The maximum atomic E-state index is 12.7. The van der Waals surface area contributed by atoms with E-state index >= 15 is 0 Å². The zero-order chi connectivity index (χ0) is 18.8. The molecule has 1 fully saturated rings. The van der Waals surface area contributed by atoms with Crippen LogP contribution in [0.2, 0.25) is 0 Å². The molecule has 0 aliphatic carbocycles. The van der Waals surface area contributed by atoms with E-state index < -0.39 is 0 Å². The number of aromatic nitrogens is 1. The molecule has 0 bridgehead atoms. The van der Waals surface area contributed by atoms with Gasteiger partial charge in [-0.05, 0) is 24.6 Å². The van der Waals surface area contributed by atoms with E-state index in [9.17, 15) is 14.4 Å². The van der Waals surface area contributed by atoms with Gasteiger partial charge in [-0.25, -0.2) is 9.78 Å². The summed E-state index contributed by atoms with van der Waals surface area (Å²) in [5.41, 5.74) is 2.11. The maximum absolute atomic E-state index is 12.7. The Bertz CT molecular complexity index is 877. The van der Waals surface area contributed by atoms with Gasteiger partial charge in [0.2, 0.25) is 0 Å². The van der Waals surface area contributed by atoms with E-state index in [1.165, 1.54) is 18.3 Å². The van der Waals surface area contributed by atoms with Gasteiger partial charge in [0, 0.05) is 39.2 Å². The molecule has 1 aliphatic rings. The largest absolute Gasteiger partial charge is 0.355 e. The number of aryl methyl sites for hydroxylation is 1. The third kappa shape index (κ3) is 3.45. The minimum Gasteiger partial charge on any atom is -0.355 e. The molecule has 0 saturated carbocycles. The molecule has 1 saturated heterocycles. The van der Waals surface area contributed by atoms with Gasteiger partial charge in [0.25, 0.3) is 5.91 Å². The lowest BCUT2D eigenvalue weighted by molar-refractivity contribution is 0.0961. The summed E-state index contributed by atoms with van der Waals surface area (Å²) in [5.74, 6) is -0.197. The Kier molecular flexibility index (Phi) is 5.03. The second-order valence-electron chi connectivity index (χ2n) is 6.10. The van der Waals surface area contributed by atoms with E-state index in [0.29, 0.717) is 40.9 Å². The molecule has 1 aromatic carbocycles. The Labute approximate surface area is 155 Å². The van der Waals surface area contributed by atoms with Crippen molar-refractivity contribution in [3.05, 3.63) is 46.0 Å². The monoisotopic (exact) mass is 372 g/mol. The zero-order valence-electron chi connectivity index (χ0n) is 14.9. The number of anilines is 1. The molecule has 3 rings (SSSR count). The number of Topliss-reactive ketones (excluding diaryl/α,β-unsaturated/α-hetero) is 1. The quantitative estimate of drug-likeness (QED) is 0.818. The molecule has 2 heterocycles. The van der Waals surface area contributed by atoms with Crippen molar-refractivity contribution in [2.45, 2.75) is 20.4 Å². The van der Waals surface area contributed by atoms with Crippen LogP contribution in [0.15, 0.2) is 24.3 Å². The van der Waals surface area contributed by atoms with Gasteiger partial charge in [-0.15, -0.1) is 0 Å². The average molecular weight is 372 g/mol. The van der Waals surface area contributed by atoms with Crippen LogP contribution in [-0.2, 0) is 6.54 Å². The van der Waals surface area contributed by atoms with Crippen LogP contribution in [0.1, 0.15) is 38.2 Å². The van der Waals surface area contributed by atoms with Gasteiger partial charge in [0.15, 0.2) is 10.9 Å². The number of nitrogens with zero attached hydrogens (tertiary/aromatic N) is 3. The number of ketones is 1. The fourth-order valence-electron chi connectivity index (χ4n) is 2.91. The summed E-state index contributed by atoms with van der Waals surface area (Å²) in [6.07, 6.45) is 0. The first-order valence-electron chi connectivity index (χ1n) is 8.26. The Morgan fingerprint density at radius 2 is 2.08 bits per heavy atom. The van der Waals surface area contributed by atoms with Crippen LogP contribution in [-0.4, -0.2) is 47.7 Å². The van der Waals surface area contributed by atoms with E-state index in [4.69, 9.17) is 0 Å². The van der Waals surface area contributed by atoms with Crippen molar-refractivity contribution in [1.29, 1.82) is 0 Å². The molecule has 1 N–H and O–H groups in total. The molecule has 1 aromatic heterocycles. The van der Waals surface area contributed by atoms with E-state index in [1.807, 2.05) is 12.1 Å². The number of hydrogen-bond acceptors (Lipinski definition) is 5. The van der Waals surface area contributed by atoms with Crippen LogP contribution in [0.25, 0.3) is 0 Å². The number of amides is 3. The highest BCUT2D eigenvalue weighted by Gasteiger charge is 2.32. The molecule has 3 amide bonds. The zero-order valence-corrected chi connectivity index (χ0v) is 15.7. The van der Waals surface area contributed by atoms with E-state index in [1.54, 1.807) is 35.9 Å². The van der Waals surface area contributed by atoms with Crippen molar-refractivity contribution in [2.75, 3.05) is 25.0 Å². The summed E-state index contributed by atoms with van der Waals surface area (Å²) >= 11 is 1.25. The fraction of sp³-hybridized carbons (Fsp3) is 0.333. The second-order valence-corrected chi connectivity index (χ2v) is 7.08. The summed E-state index contributed by atoms with van der Waals surface area (Å²) < 4.78 is 0. The molecule has 7 nitrogen and oxygen atoms in total. The third-order valence-corrected chi connectivity index (χ3v) is 5.50. The van der Waals surface area contributed by atoms with Crippen molar-refractivity contribution in [2.24, 2.45) is 0 Å². The first kappa shape index (κ1) is 18.1. The van der Waals surface area contributed by atoms with Crippen molar-refractivity contribution < 1.29 is 14.4 Å². The van der Waals surface area contributed by atoms with Gasteiger partial charge < -0.3 is 10.2 Å². The van der Waals surface area contributed by atoms with Crippen molar-refractivity contribution in [3.63, 3.8) is 0 Å². The van der Waals surface area contributed by atoms with Gasteiger partial charge in [-0.1, -0.05) is 23.5 Å². The van der Waals surface area contributed by atoms with E-state index in [-0.39, 0.29) is 17.7 Å². The molecule has 26 heavy (non-hydrogen) atoms. The van der Waals surface area contributed by atoms with Gasteiger partial charge in [0.1, 0.15) is 0 Å². The van der Waals surface area contributed by atoms with Crippen molar-refractivity contribution in [1.82, 2.24) is 15.2 Å². The summed E-state index contributed by atoms with van der Waals surface area (Å²) in [7, 11) is 1.59. The number of urea groups is 1. The smallest absolute Gasteiger partial charge is 0.326 e. The van der Waals surface area contributed by atoms with E-state index in [0.717, 1.165) is 5.56 Å². The van der Waals surface area contributed by atoms with Crippen molar-refractivity contribution in [3.8, 4) is 0 Å². The molecular weight excluding hydrogens is 352 g/mol. The molecular formula is C18H20N4O3S. The lowest BCUT2D eigenvalue weighted by Gasteiger charge is -2.17. The molecule has 0 radical (unpaired) electrons. The minimum absolute atomic E-state index is 0.0410. The number of thiazole rings is 1. The van der Waals surface area contributed by atoms with Gasteiger partial charge in [-0.2, -0.15) is 0 Å². The number of carbonyl (C=O) groups is 3. The molecule has 2 aromatic rings. The van der Waals surface area contributed by atoms with E-state index in [2.05, 4.69) is 10.3 Å². The van der Waals surface area contributed by atoms with Crippen LogP contribution >= 0.6 is 11.3 Å². The molecule has 1 aliphatic heterocycles. The Hall–Kier alpha value is -2.74. The summed E-state index contributed by atoms with van der Waals surface area (Å²) in [6, 6.07) is 7.09.